The van der Waals surface area contributed by atoms with E-state index in [-0.39, 0.29) is 5.78 Å². The van der Waals surface area contributed by atoms with Crippen molar-refractivity contribution in [2.45, 2.75) is 0 Å². The van der Waals surface area contributed by atoms with E-state index in [0.717, 1.165) is 8.04 Å². The molecule has 1 aromatic carbocycles. The Morgan fingerprint density at radius 3 is 2.56 bits per heavy atom. The van der Waals surface area contributed by atoms with E-state index in [1.807, 2.05) is 12.1 Å². The average molecular weight is 456 g/mol. The highest BCUT2D eigenvalue weighted by molar-refractivity contribution is 14.1. The van der Waals surface area contributed by atoms with Gasteiger partial charge in [-0.2, -0.15) is 0 Å². The average Bonchev–Trinajstić information content (AvgIpc) is 2.67. The van der Waals surface area contributed by atoms with Crippen molar-refractivity contribution in [3.8, 4) is 0 Å². The van der Waals surface area contributed by atoms with Gasteiger partial charge in [-0.15, -0.1) is 0 Å². The van der Waals surface area contributed by atoms with Crippen LogP contribution in [0.15, 0.2) is 43.9 Å². The highest BCUT2D eigenvalue weighted by atomic mass is 127. The first-order valence-corrected chi connectivity index (χ1v) is 6.99. The number of rotatable bonds is 2. The van der Waals surface area contributed by atoms with E-state index in [4.69, 9.17) is 4.42 Å². The highest BCUT2D eigenvalue weighted by Gasteiger charge is 2.16. The number of ketones is 1. The molecule has 0 saturated carbocycles. The Labute approximate surface area is 123 Å². The third-order valence-electron chi connectivity index (χ3n) is 1.97. The molecule has 0 bridgehead atoms. The molecule has 5 heteroatoms. The van der Waals surface area contributed by atoms with Gasteiger partial charge in [0.15, 0.2) is 10.4 Å². The zero-order valence-electron chi connectivity index (χ0n) is 7.84. The Morgan fingerprint density at radius 1 is 1.19 bits per heavy atom. The largest absolute Gasteiger partial charge is 0.446 e. The van der Waals surface area contributed by atoms with Crippen LogP contribution in [-0.4, -0.2) is 5.78 Å². The minimum absolute atomic E-state index is 0.114. The van der Waals surface area contributed by atoms with Crippen molar-refractivity contribution in [2.75, 3.05) is 0 Å². The zero-order chi connectivity index (χ0) is 11.7. The lowest BCUT2D eigenvalue weighted by Crippen LogP contribution is -2.02. The molecule has 0 atom stereocenters. The lowest BCUT2D eigenvalue weighted by atomic mass is 10.1. The number of halogens is 3. The third kappa shape index (κ3) is 2.57. The summed E-state index contributed by atoms with van der Waals surface area (Å²) in [6.07, 6.45) is 0. The normalized spacial score (nSPS) is 10.4. The number of carbonyl (C=O) groups excluding carboxylic acids is 1. The second kappa shape index (κ2) is 5.01. The molecule has 2 rings (SSSR count). The van der Waals surface area contributed by atoms with Crippen molar-refractivity contribution in [3.63, 3.8) is 0 Å². The van der Waals surface area contributed by atoms with E-state index in [0.29, 0.717) is 16.0 Å². The van der Waals surface area contributed by atoms with Crippen molar-refractivity contribution in [2.24, 2.45) is 0 Å². The molecule has 1 heterocycles. The van der Waals surface area contributed by atoms with Crippen LogP contribution in [0.5, 0.6) is 0 Å². The maximum atomic E-state index is 12.1. The quantitative estimate of drug-likeness (QED) is 0.488. The summed E-state index contributed by atoms with van der Waals surface area (Å²) >= 11 is 8.65. The molecule has 0 saturated heterocycles. The van der Waals surface area contributed by atoms with Gasteiger partial charge in [0.1, 0.15) is 0 Å². The van der Waals surface area contributed by atoms with Gasteiger partial charge in [0, 0.05) is 13.6 Å². The molecule has 2 nitrogen and oxygen atoms in total. The summed E-state index contributed by atoms with van der Waals surface area (Å²) in [5.74, 6) is 0.222. The molecule has 0 amide bonds. The number of carbonyl (C=O) groups is 1. The Hall–Kier alpha value is -0.140. The monoisotopic (exact) mass is 454 g/mol. The third-order valence-corrected chi connectivity index (χ3v) is 3.83. The van der Waals surface area contributed by atoms with E-state index < -0.39 is 0 Å². The van der Waals surface area contributed by atoms with Crippen molar-refractivity contribution in [3.05, 3.63) is 54.4 Å². The van der Waals surface area contributed by atoms with Crippen molar-refractivity contribution in [1.82, 2.24) is 0 Å². The van der Waals surface area contributed by atoms with Crippen LogP contribution < -0.4 is 0 Å². The lowest BCUT2D eigenvalue weighted by Gasteiger charge is -2.01. The van der Waals surface area contributed by atoms with Crippen LogP contribution in [0.1, 0.15) is 16.1 Å². The fraction of sp³-hybridized carbons (Fsp3) is 0. The summed E-state index contributed by atoms with van der Waals surface area (Å²) in [6, 6.07) is 8.94. The van der Waals surface area contributed by atoms with E-state index in [1.165, 1.54) is 0 Å². The number of benzene rings is 1. The first kappa shape index (κ1) is 12.3. The van der Waals surface area contributed by atoms with Gasteiger partial charge in [0.2, 0.25) is 5.78 Å². The van der Waals surface area contributed by atoms with Gasteiger partial charge in [-0.1, -0.05) is 15.9 Å². The van der Waals surface area contributed by atoms with E-state index in [2.05, 4.69) is 54.5 Å². The zero-order valence-corrected chi connectivity index (χ0v) is 13.2. The second-order valence-corrected chi connectivity index (χ2v) is 5.92. The molecule has 16 heavy (non-hydrogen) atoms. The summed E-state index contributed by atoms with van der Waals surface area (Å²) in [7, 11) is 0. The lowest BCUT2D eigenvalue weighted by molar-refractivity contribution is 0.101. The molecule has 82 valence electrons. The summed E-state index contributed by atoms with van der Waals surface area (Å²) in [4.78, 5) is 12.1. The van der Waals surface area contributed by atoms with Crippen LogP contribution >= 0.6 is 54.5 Å². The van der Waals surface area contributed by atoms with Crippen LogP contribution in [0.25, 0.3) is 0 Å². The number of hydrogen-bond donors (Lipinski definition) is 0. The number of hydrogen-bond acceptors (Lipinski definition) is 2. The fourth-order valence-electron chi connectivity index (χ4n) is 1.24. The van der Waals surface area contributed by atoms with Gasteiger partial charge in [0.25, 0.3) is 0 Å². The van der Waals surface area contributed by atoms with Crippen molar-refractivity contribution < 1.29 is 9.21 Å². The molecule has 0 N–H and O–H groups in total. The standard InChI is InChI=1S/C11H5Br2IO2/c12-6-1-2-8(14)7(5-6)11(15)9-3-4-10(13)16-9/h1-5H. The summed E-state index contributed by atoms with van der Waals surface area (Å²) in [5, 5.41) is 0. The molecule has 1 aromatic heterocycles. The fourth-order valence-corrected chi connectivity index (χ4v) is 2.49. The molecule has 0 fully saturated rings. The van der Waals surface area contributed by atoms with Gasteiger partial charge in [-0.25, -0.2) is 0 Å². The smallest absolute Gasteiger partial charge is 0.229 e. The predicted molar refractivity (Wildman–Crippen MR) is 76.7 cm³/mol. The second-order valence-electron chi connectivity index (χ2n) is 3.06. The van der Waals surface area contributed by atoms with Gasteiger partial charge in [-0.3, -0.25) is 4.79 Å². The molecular formula is C11H5Br2IO2. The summed E-state index contributed by atoms with van der Waals surface area (Å²) < 4.78 is 7.58. The Bertz CT molecular complexity index is 549. The molecule has 0 aliphatic carbocycles. The maximum Gasteiger partial charge on any atom is 0.229 e. The van der Waals surface area contributed by atoms with Crippen molar-refractivity contribution >= 4 is 60.2 Å². The molecule has 0 unspecified atom stereocenters. The van der Waals surface area contributed by atoms with Gasteiger partial charge in [0.05, 0.1) is 0 Å². The van der Waals surface area contributed by atoms with Gasteiger partial charge >= 0.3 is 0 Å². The van der Waals surface area contributed by atoms with Crippen LogP contribution in [-0.2, 0) is 0 Å². The van der Waals surface area contributed by atoms with E-state index in [1.54, 1.807) is 18.2 Å². The molecule has 0 radical (unpaired) electrons. The van der Waals surface area contributed by atoms with Gasteiger partial charge < -0.3 is 4.42 Å². The Balaban J connectivity index is 2.45. The van der Waals surface area contributed by atoms with E-state index in [9.17, 15) is 4.79 Å². The van der Waals surface area contributed by atoms with Gasteiger partial charge in [-0.05, 0) is 68.9 Å². The summed E-state index contributed by atoms with van der Waals surface area (Å²) in [5.41, 5.74) is 0.636. The SMILES string of the molecule is O=C(c1ccc(Br)o1)c1cc(Br)ccc1I. The molecule has 0 aliphatic rings. The first-order chi connectivity index (χ1) is 7.58. The molecule has 0 spiro atoms. The van der Waals surface area contributed by atoms with Crippen LogP contribution in [0.3, 0.4) is 0 Å². The topological polar surface area (TPSA) is 30.2 Å². The molecular weight excluding hydrogens is 451 g/mol. The predicted octanol–water partition coefficient (Wildman–Crippen LogP) is 4.64. The molecule has 0 aliphatic heterocycles. The minimum atomic E-state index is -0.114. The first-order valence-electron chi connectivity index (χ1n) is 4.33. The van der Waals surface area contributed by atoms with Crippen LogP contribution in [0.2, 0.25) is 0 Å². The highest BCUT2D eigenvalue weighted by Crippen LogP contribution is 2.23. The van der Waals surface area contributed by atoms with E-state index >= 15 is 0 Å². The summed E-state index contributed by atoms with van der Waals surface area (Å²) in [6.45, 7) is 0. The number of furan rings is 1. The molecule has 2 aromatic rings. The van der Waals surface area contributed by atoms with Crippen molar-refractivity contribution in [1.29, 1.82) is 0 Å². The van der Waals surface area contributed by atoms with Crippen LogP contribution in [0, 0.1) is 3.57 Å². The Kier molecular flexibility index (Phi) is 3.86. The van der Waals surface area contributed by atoms with Crippen LogP contribution in [0.4, 0.5) is 0 Å². The minimum Gasteiger partial charge on any atom is -0.446 e. The Morgan fingerprint density at radius 2 is 1.94 bits per heavy atom. The maximum absolute atomic E-state index is 12.1.